The van der Waals surface area contributed by atoms with E-state index >= 15 is 0 Å². The van der Waals surface area contributed by atoms with Crippen molar-refractivity contribution < 1.29 is 14.3 Å². The summed E-state index contributed by atoms with van der Waals surface area (Å²) < 4.78 is 5.59. The molecule has 1 aliphatic heterocycles. The van der Waals surface area contributed by atoms with Crippen LogP contribution in [0.5, 0.6) is 0 Å². The van der Waals surface area contributed by atoms with E-state index in [4.69, 9.17) is 10.5 Å². The lowest BCUT2D eigenvalue weighted by atomic mass is 10.1. The first-order valence-corrected chi connectivity index (χ1v) is 7.58. The number of hydrogen-bond acceptors (Lipinski definition) is 5. The Morgan fingerprint density at radius 3 is 2.71 bits per heavy atom. The topological polar surface area (TPSA) is 96.7 Å². The first-order chi connectivity index (χ1) is 9.93. The Hall–Kier alpha value is -1.18. The van der Waals surface area contributed by atoms with Gasteiger partial charge in [0.05, 0.1) is 25.3 Å². The second kappa shape index (κ2) is 8.96. The van der Waals surface area contributed by atoms with Crippen LogP contribution in [-0.2, 0) is 14.3 Å². The molecule has 0 saturated carbocycles. The minimum atomic E-state index is -0.586. The number of hydrogen-bond donors (Lipinski definition) is 3. The zero-order valence-corrected chi connectivity index (χ0v) is 13.2. The number of amides is 2. The van der Waals surface area contributed by atoms with Crippen LogP contribution in [0.4, 0.5) is 0 Å². The summed E-state index contributed by atoms with van der Waals surface area (Å²) in [6, 6.07) is -0.586. The molecule has 122 valence electrons. The zero-order chi connectivity index (χ0) is 15.8. The maximum atomic E-state index is 11.7. The van der Waals surface area contributed by atoms with Crippen molar-refractivity contribution in [2.24, 2.45) is 11.7 Å². The Bertz CT molecular complexity index is 349. The quantitative estimate of drug-likeness (QED) is 0.556. The number of ether oxygens (including phenoxy) is 1. The van der Waals surface area contributed by atoms with Gasteiger partial charge in [0.1, 0.15) is 0 Å². The maximum absolute atomic E-state index is 11.7. The number of nitrogens with zero attached hydrogens (tertiary/aromatic N) is 1. The summed E-state index contributed by atoms with van der Waals surface area (Å²) >= 11 is 0. The van der Waals surface area contributed by atoms with Crippen molar-refractivity contribution in [3.63, 3.8) is 0 Å². The summed E-state index contributed by atoms with van der Waals surface area (Å²) in [4.78, 5) is 25.6. The van der Waals surface area contributed by atoms with E-state index in [0.717, 1.165) is 19.6 Å². The molecule has 1 fully saturated rings. The van der Waals surface area contributed by atoms with Gasteiger partial charge in [0.25, 0.3) is 0 Å². The van der Waals surface area contributed by atoms with Crippen LogP contribution in [-0.4, -0.2) is 68.2 Å². The van der Waals surface area contributed by atoms with Crippen molar-refractivity contribution >= 4 is 11.8 Å². The van der Waals surface area contributed by atoms with Gasteiger partial charge in [-0.1, -0.05) is 20.8 Å². The van der Waals surface area contributed by atoms with E-state index in [9.17, 15) is 9.59 Å². The number of rotatable bonds is 7. The van der Waals surface area contributed by atoms with Gasteiger partial charge in [0.15, 0.2) is 0 Å². The first-order valence-electron chi connectivity index (χ1n) is 7.58. The fourth-order valence-electron chi connectivity index (χ4n) is 2.07. The molecule has 0 aromatic carbocycles. The molecule has 0 aromatic heterocycles. The molecule has 4 N–H and O–H groups in total. The molecule has 0 spiro atoms. The Labute approximate surface area is 126 Å². The molecule has 2 amide bonds. The number of likely N-dealkylation sites (N-methyl/N-ethyl adjacent to an activating group) is 1. The lowest BCUT2D eigenvalue weighted by Gasteiger charge is -2.32. The highest BCUT2D eigenvalue weighted by molar-refractivity contribution is 5.87. The Morgan fingerprint density at radius 1 is 1.38 bits per heavy atom. The first kappa shape index (κ1) is 17.9. The average Bonchev–Trinajstić information content (AvgIpc) is 2.49. The van der Waals surface area contributed by atoms with Crippen LogP contribution in [0.15, 0.2) is 0 Å². The van der Waals surface area contributed by atoms with Gasteiger partial charge in [0.2, 0.25) is 11.8 Å². The molecule has 1 aliphatic rings. The largest absolute Gasteiger partial charge is 0.374 e. The summed E-state index contributed by atoms with van der Waals surface area (Å²) in [5.74, 6) is -0.480. The third-order valence-electron chi connectivity index (χ3n) is 3.64. The Balaban J connectivity index is 2.20. The molecule has 2 atom stereocenters. The Kier molecular flexibility index (Phi) is 7.63. The monoisotopic (exact) mass is 300 g/mol. The average molecular weight is 300 g/mol. The molecular weight excluding hydrogens is 272 g/mol. The van der Waals surface area contributed by atoms with E-state index in [2.05, 4.69) is 22.5 Å². The van der Waals surface area contributed by atoms with Crippen molar-refractivity contribution in [3.05, 3.63) is 0 Å². The molecule has 0 aromatic rings. The fraction of sp³-hybridized carbons (Fsp3) is 0.857. The van der Waals surface area contributed by atoms with Gasteiger partial charge in [0, 0.05) is 19.6 Å². The maximum Gasteiger partial charge on any atom is 0.239 e. The van der Waals surface area contributed by atoms with E-state index in [1.165, 1.54) is 0 Å². The van der Waals surface area contributed by atoms with Gasteiger partial charge in [-0.2, -0.15) is 0 Å². The van der Waals surface area contributed by atoms with Gasteiger partial charge < -0.3 is 21.1 Å². The molecule has 21 heavy (non-hydrogen) atoms. The smallest absolute Gasteiger partial charge is 0.239 e. The van der Waals surface area contributed by atoms with Gasteiger partial charge in [-0.15, -0.1) is 0 Å². The summed E-state index contributed by atoms with van der Waals surface area (Å²) in [5, 5.41) is 5.32. The van der Waals surface area contributed by atoms with Crippen molar-refractivity contribution in [2.75, 3.05) is 39.3 Å². The third kappa shape index (κ3) is 6.41. The molecule has 1 rings (SSSR count). The second-order valence-electron chi connectivity index (χ2n) is 5.68. The lowest BCUT2D eigenvalue weighted by Crippen LogP contribution is -2.50. The fourth-order valence-corrected chi connectivity index (χ4v) is 2.07. The number of carbonyl (C=O) groups excluding carboxylic acids is 2. The SMILES string of the molecule is CCN1CCOC(CNC(=O)CNC(=O)[C@@H](N)C(C)C)C1. The number of nitrogens with two attached hydrogens (primary N) is 1. The van der Waals surface area contributed by atoms with Crippen LogP contribution < -0.4 is 16.4 Å². The zero-order valence-electron chi connectivity index (χ0n) is 13.2. The van der Waals surface area contributed by atoms with E-state index in [0.29, 0.717) is 13.2 Å². The van der Waals surface area contributed by atoms with Crippen LogP contribution in [0.3, 0.4) is 0 Å². The van der Waals surface area contributed by atoms with Gasteiger partial charge in [-0.3, -0.25) is 14.5 Å². The number of nitrogens with one attached hydrogen (secondary N) is 2. The van der Waals surface area contributed by atoms with E-state index in [1.807, 2.05) is 13.8 Å². The van der Waals surface area contributed by atoms with Crippen LogP contribution >= 0.6 is 0 Å². The molecule has 0 bridgehead atoms. The standard InChI is InChI=1S/C14H28N4O3/c1-4-18-5-6-21-11(9-18)7-16-12(19)8-17-14(20)13(15)10(2)3/h10-11,13H,4-9,15H2,1-3H3,(H,16,19)(H,17,20)/t11?,13-/m0/s1. The molecule has 7 nitrogen and oxygen atoms in total. The van der Waals surface area contributed by atoms with Crippen LogP contribution in [0.25, 0.3) is 0 Å². The van der Waals surface area contributed by atoms with Gasteiger partial charge in [-0.05, 0) is 12.5 Å². The predicted molar refractivity (Wildman–Crippen MR) is 80.7 cm³/mol. The summed E-state index contributed by atoms with van der Waals surface area (Å²) in [5.41, 5.74) is 5.70. The molecule has 0 radical (unpaired) electrons. The van der Waals surface area contributed by atoms with Crippen molar-refractivity contribution in [3.8, 4) is 0 Å². The summed E-state index contributed by atoms with van der Waals surface area (Å²) in [6.45, 7) is 9.67. The summed E-state index contributed by atoms with van der Waals surface area (Å²) in [6.07, 6.45) is 0.0104. The normalized spacial score (nSPS) is 21.1. The van der Waals surface area contributed by atoms with Crippen LogP contribution in [0.2, 0.25) is 0 Å². The molecule has 7 heteroatoms. The number of carbonyl (C=O) groups is 2. The van der Waals surface area contributed by atoms with Gasteiger partial charge >= 0.3 is 0 Å². The third-order valence-corrected chi connectivity index (χ3v) is 3.64. The molecule has 1 heterocycles. The molecular formula is C14H28N4O3. The van der Waals surface area contributed by atoms with E-state index in [-0.39, 0.29) is 30.4 Å². The van der Waals surface area contributed by atoms with Crippen molar-refractivity contribution in [2.45, 2.75) is 32.9 Å². The van der Waals surface area contributed by atoms with Crippen LogP contribution in [0.1, 0.15) is 20.8 Å². The Morgan fingerprint density at radius 2 is 2.10 bits per heavy atom. The lowest BCUT2D eigenvalue weighted by molar-refractivity contribution is -0.127. The molecule has 1 saturated heterocycles. The summed E-state index contributed by atoms with van der Waals surface area (Å²) in [7, 11) is 0. The minimum Gasteiger partial charge on any atom is -0.374 e. The van der Waals surface area contributed by atoms with Gasteiger partial charge in [-0.25, -0.2) is 0 Å². The van der Waals surface area contributed by atoms with Crippen molar-refractivity contribution in [1.29, 1.82) is 0 Å². The van der Waals surface area contributed by atoms with E-state index < -0.39 is 6.04 Å². The highest BCUT2D eigenvalue weighted by Gasteiger charge is 2.20. The van der Waals surface area contributed by atoms with Crippen molar-refractivity contribution in [1.82, 2.24) is 15.5 Å². The number of morpholine rings is 1. The minimum absolute atomic E-state index is 0.0104. The van der Waals surface area contributed by atoms with E-state index in [1.54, 1.807) is 0 Å². The predicted octanol–water partition coefficient (Wildman–Crippen LogP) is -1.08. The second-order valence-corrected chi connectivity index (χ2v) is 5.68. The highest BCUT2D eigenvalue weighted by atomic mass is 16.5. The van der Waals surface area contributed by atoms with Crippen LogP contribution in [0, 0.1) is 5.92 Å². The highest BCUT2D eigenvalue weighted by Crippen LogP contribution is 2.03. The molecule has 0 aliphatic carbocycles. The molecule has 1 unspecified atom stereocenters.